The van der Waals surface area contributed by atoms with E-state index in [2.05, 4.69) is 10.3 Å². The Morgan fingerprint density at radius 2 is 1.93 bits per heavy atom. The zero-order valence-corrected chi connectivity index (χ0v) is 17.7. The number of carbonyl (C=O) groups is 1. The second-order valence-electron chi connectivity index (χ2n) is 7.14. The number of aryl methyl sites for hydroxylation is 3. The number of benzene rings is 2. The molecule has 1 N–H and O–H groups in total. The maximum Gasteiger partial charge on any atom is 0.259 e. The van der Waals surface area contributed by atoms with E-state index in [0.29, 0.717) is 27.7 Å². The monoisotopic (exact) mass is 419 g/mol. The highest BCUT2D eigenvalue weighted by Gasteiger charge is 2.13. The largest absolute Gasteiger partial charge is 0.485 e. The number of thiazole rings is 1. The van der Waals surface area contributed by atoms with Crippen LogP contribution in [0.3, 0.4) is 0 Å². The van der Waals surface area contributed by atoms with Crippen LogP contribution in [0.15, 0.2) is 58.7 Å². The lowest BCUT2D eigenvalue weighted by Gasteiger charge is -2.14. The Labute approximate surface area is 177 Å². The van der Waals surface area contributed by atoms with E-state index in [1.54, 1.807) is 10.5 Å². The number of aromatic nitrogens is 2. The second-order valence-corrected chi connectivity index (χ2v) is 7.97. The van der Waals surface area contributed by atoms with E-state index in [-0.39, 0.29) is 18.1 Å². The summed E-state index contributed by atoms with van der Waals surface area (Å²) < 4.78 is 7.51. The summed E-state index contributed by atoms with van der Waals surface area (Å²) in [6, 6.07) is 14.5. The SMILES string of the molecule is Cc1ccc(OCc2cc(=O)n3c(C)csc3n2)c(NC(=O)c2ccccc2C)c1. The fourth-order valence-corrected chi connectivity index (χ4v) is 4.10. The van der Waals surface area contributed by atoms with Crippen LogP contribution >= 0.6 is 11.3 Å². The highest BCUT2D eigenvalue weighted by Crippen LogP contribution is 2.27. The van der Waals surface area contributed by atoms with Gasteiger partial charge in [0.1, 0.15) is 12.4 Å². The Balaban J connectivity index is 1.57. The topological polar surface area (TPSA) is 72.7 Å². The number of nitrogens with one attached hydrogen (secondary N) is 1. The van der Waals surface area contributed by atoms with Gasteiger partial charge in [-0.25, -0.2) is 4.98 Å². The minimum absolute atomic E-state index is 0.124. The van der Waals surface area contributed by atoms with Gasteiger partial charge in [0.2, 0.25) is 0 Å². The highest BCUT2D eigenvalue weighted by molar-refractivity contribution is 7.15. The molecule has 0 spiro atoms. The number of fused-ring (bicyclic) bond motifs is 1. The summed E-state index contributed by atoms with van der Waals surface area (Å²) in [5.74, 6) is 0.322. The molecule has 0 atom stereocenters. The minimum Gasteiger partial charge on any atom is -0.485 e. The molecule has 0 fully saturated rings. The summed E-state index contributed by atoms with van der Waals surface area (Å²) in [7, 11) is 0. The molecule has 2 heterocycles. The van der Waals surface area contributed by atoms with Crippen LogP contribution in [0.2, 0.25) is 0 Å². The molecule has 7 heteroatoms. The van der Waals surface area contributed by atoms with E-state index in [4.69, 9.17) is 4.74 Å². The third-order valence-corrected chi connectivity index (χ3v) is 5.72. The van der Waals surface area contributed by atoms with E-state index in [0.717, 1.165) is 16.8 Å². The Kier molecular flexibility index (Phi) is 5.37. The van der Waals surface area contributed by atoms with Crippen LogP contribution in [-0.4, -0.2) is 15.3 Å². The predicted molar refractivity (Wildman–Crippen MR) is 119 cm³/mol. The minimum atomic E-state index is -0.199. The first kappa shape index (κ1) is 19.8. The van der Waals surface area contributed by atoms with Gasteiger partial charge in [-0.15, -0.1) is 11.3 Å². The molecule has 0 aliphatic heterocycles. The van der Waals surface area contributed by atoms with Crippen molar-refractivity contribution in [1.29, 1.82) is 0 Å². The smallest absolute Gasteiger partial charge is 0.259 e. The maximum atomic E-state index is 12.7. The van der Waals surface area contributed by atoms with Gasteiger partial charge in [0.15, 0.2) is 4.96 Å². The summed E-state index contributed by atoms with van der Waals surface area (Å²) in [4.78, 5) is 30.2. The van der Waals surface area contributed by atoms with Crippen LogP contribution in [0.25, 0.3) is 4.96 Å². The molecule has 0 radical (unpaired) electrons. The molecule has 0 saturated heterocycles. The first-order valence-electron chi connectivity index (χ1n) is 9.49. The van der Waals surface area contributed by atoms with Crippen molar-refractivity contribution in [3.8, 4) is 5.75 Å². The van der Waals surface area contributed by atoms with Crippen LogP contribution in [0.4, 0.5) is 5.69 Å². The maximum absolute atomic E-state index is 12.7. The lowest BCUT2D eigenvalue weighted by Crippen LogP contribution is -2.16. The van der Waals surface area contributed by atoms with E-state index in [1.165, 1.54) is 17.4 Å². The molecule has 4 aromatic rings. The van der Waals surface area contributed by atoms with E-state index in [1.807, 2.05) is 62.5 Å². The lowest BCUT2D eigenvalue weighted by atomic mass is 10.1. The van der Waals surface area contributed by atoms with Gasteiger partial charge in [-0.1, -0.05) is 24.3 Å². The fourth-order valence-electron chi connectivity index (χ4n) is 3.21. The zero-order valence-electron chi connectivity index (χ0n) is 16.9. The summed E-state index contributed by atoms with van der Waals surface area (Å²) in [5.41, 5.74) is 4.35. The van der Waals surface area contributed by atoms with Crippen LogP contribution in [0, 0.1) is 20.8 Å². The molecule has 1 amide bonds. The van der Waals surface area contributed by atoms with Crippen molar-refractivity contribution in [3.05, 3.63) is 92.3 Å². The van der Waals surface area contributed by atoms with Crippen molar-refractivity contribution in [2.24, 2.45) is 0 Å². The molecular weight excluding hydrogens is 398 g/mol. The zero-order chi connectivity index (χ0) is 21.3. The Hall–Kier alpha value is -3.45. The number of nitrogens with zero attached hydrogens (tertiary/aromatic N) is 2. The van der Waals surface area contributed by atoms with Crippen molar-refractivity contribution >= 4 is 27.9 Å². The van der Waals surface area contributed by atoms with E-state index < -0.39 is 0 Å². The number of amides is 1. The van der Waals surface area contributed by atoms with Gasteiger partial charge in [-0.2, -0.15) is 0 Å². The average Bonchev–Trinajstić information content (AvgIpc) is 3.09. The summed E-state index contributed by atoms with van der Waals surface area (Å²) in [6.07, 6.45) is 0. The number of anilines is 1. The lowest BCUT2D eigenvalue weighted by molar-refractivity contribution is 0.102. The summed E-state index contributed by atoms with van der Waals surface area (Å²) in [6.45, 7) is 5.84. The number of hydrogen-bond donors (Lipinski definition) is 1. The van der Waals surface area contributed by atoms with Crippen LogP contribution in [-0.2, 0) is 6.61 Å². The second kappa shape index (κ2) is 8.12. The van der Waals surface area contributed by atoms with Gasteiger partial charge < -0.3 is 10.1 Å². The molecule has 0 aliphatic rings. The molecule has 152 valence electrons. The van der Waals surface area contributed by atoms with Crippen molar-refractivity contribution in [3.63, 3.8) is 0 Å². The average molecular weight is 420 g/mol. The highest BCUT2D eigenvalue weighted by atomic mass is 32.1. The van der Waals surface area contributed by atoms with Gasteiger partial charge in [0.05, 0.1) is 11.4 Å². The van der Waals surface area contributed by atoms with E-state index >= 15 is 0 Å². The molecule has 2 aromatic heterocycles. The molecule has 0 bridgehead atoms. The number of hydrogen-bond acceptors (Lipinski definition) is 5. The fraction of sp³-hybridized carbons (Fsp3) is 0.174. The summed E-state index contributed by atoms with van der Waals surface area (Å²) >= 11 is 1.42. The molecule has 6 nitrogen and oxygen atoms in total. The van der Waals surface area contributed by atoms with Crippen molar-refractivity contribution < 1.29 is 9.53 Å². The molecule has 30 heavy (non-hydrogen) atoms. The molecule has 0 saturated carbocycles. The first-order chi connectivity index (χ1) is 14.4. The number of carbonyl (C=O) groups excluding carboxylic acids is 1. The van der Waals surface area contributed by atoms with Crippen molar-refractivity contribution in [2.45, 2.75) is 27.4 Å². The van der Waals surface area contributed by atoms with Gasteiger partial charge in [-0.3, -0.25) is 14.0 Å². The van der Waals surface area contributed by atoms with Crippen LogP contribution < -0.4 is 15.6 Å². The molecule has 0 unspecified atom stereocenters. The number of rotatable bonds is 5. The van der Waals surface area contributed by atoms with Gasteiger partial charge in [0, 0.05) is 22.7 Å². The normalized spacial score (nSPS) is 10.9. The Bertz CT molecular complexity index is 1310. The van der Waals surface area contributed by atoms with Crippen molar-refractivity contribution in [1.82, 2.24) is 9.38 Å². The Morgan fingerprint density at radius 3 is 2.73 bits per heavy atom. The molecule has 4 rings (SSSR count). The quantitative estimate of drug-likeness (QED) is 0.516. The molecule has 0 aliphatic carbocycles. The number of ether oxygens (including phenoxy) is 1. The Morgan fingerprint density at radius 1 is 1.13 bits per heavy atom. The molecular formula is C23H21N3O3S. The van der Waals surface area contributed by atoms with Crippen LogP contribution in [0.5, 0.6) is 5.75 Å². The van der Waals surface area contributed by atoms with Crippen molar-refractivity contribution in [2.75, 3.05) is 5.32 Å². The van der Waals surface area contributed by atoms with Crippen LogP contribution in [0.1, 0.15) is 32.9 Å². The summed E-state index contributed by atoms with van der Waals surface area (Å²) in [5, 5.41) is 4.84. The third kappa shape index (κ3) is 3.97. The van der Waals surface area contributed by atoms with E-state index in [9.17, 15) is 9.59 Å². The predicted octanol–water partition coefficient (Wildman–Crippen LogP) is 4.51. The standard InChI is InChI=1S/C23H21N3O3S/c1-14-8-9-20(19(10-14)25-22(28)18-7-5-4-6-15(18)2)29-12-17-11-21(27)26-16(3)13-30-23(26)24-17/h4-11,13H,12H2,1-3H3,(H,25,28). The third-order valence-electron chi connectivity index (χ3n) is 4.78. The van der Waals surface area contributed by atoms with Gasteiger partial charge >= 0.3 is 0 Å². The van der Waals surface area contributed by atoms with Gasteiger partial charge in [0.25, 0.3) is 11.5 Å². The first-order valence-corrected chi connectivity index (χ1v) is 10.4. The van der Waals surface area contributed by atoms with Gasteiger partial charge in [-0.05, 0) is 50.1 Å². The molecule has 2 aromatic carbocycles.